The third-order valence-corrected chi connectivity index (χ3v) is 3.63. The molecule has 1 aromatic rings. The van der Waals surface area contributed by atoms with Gasteiger partial charge in [0.25, 0.3) is 0 Å². The first-order valence-corrected chi connectivity index (χ1v) is 6.81. The van der Waals surface area contributed by atoms with Crippen molar-refractivity contribution in [1.29, 1.82) is 0 Å². The molecule has 2 rings (SSSR count). The standard InChI is InChI=1S/C15H23N3.HI/c1-12-7-3-4-8-13(12)11-17-15(16-2)18-14-9-5-6-10-14;/h3-4,7-8,14H,5-6,9-11H2,1-2H3,(H2,16,17,18);1H. The molecule has 0 amide bonds. The zero-order chi connectivity index (χ0) is 12.8. The first kappa shape index (κ1) is 16.3. The maximum atomic E-state index is 4.29. The van der Waals surface area contributed by atoms with Crippen molar-refractivity contribution in [2.45, 2.75) is 45.2 Å². The van der Waals surface area contributed by atoms with Crippen LogP contribution in [0.25, 0.3) is 0 Å². The van der Waals surface area contributed by atoms with E-state index in [1.807, 2.05) is 7.05 Å². The van der Waals surface area contributed by atoms with E-state index in [4.69, 9.17) is 0 Å². The van der Waals surface area contributed by atoms with E-state index in [2.05, 4.69) is 46.8 Å². The van der Waals surface area contributed by atoms with E-state index < -0.39 is 0 Å². The highest BCUT2D eigenvalue weighted by Gasteiger charge is 2.15. The van der Waals surface area contributed by atoms with Crippen molar-refractivity contribution in [2.24, 2.45) is 4.99 Å². The summed E-state index contributed by atoms with van der Waals surface area (Å²) in [6, 6.07) is 9.06. The molecule has 3 nitrogen and oxygen atoms in total. The average molecular weight is 373 g/mol. The van der Waals surface area contributed by atoms with Gasteiger partial charge in [-0.3, -0.25) is 4.99 Å². The van der Waals surface area contributed by atoms with Crippen LogP contribution >= 0.6 is 24.0 Å². The summed E-state index contributed by atoms with van der Waals surface area (Å²) < 4.78 is 0. The second-order valence-corrected chi connectivity index (χ2v) is 4.98. The molecule has 2 N–H and O–H groups in total. The van der Waals surface area contributed by atoms with Gasteiger partial charge >= 0.3 is 0 Å². The number of aryl methyl sites for hydroxylation is 1. The number of benzene rings is 1. The molecule has 0 bridgehead atoms. The Morgan fingerprint density at radius 1 is 1.26 bits per heavy atom. The van der Waals surface area contributed by atoms with Crippen LogP contribution in [0.1, 0.15) is 36.8 Å². The first-order chi connectivity index (χ1) is 8.79. The number of hydrogen-bond donors (Lipinski definition) is 2. The summed E-state index contributed by atoms with van der Waals surface area (Å²) in [5.74, 6) is 0.921. The molecule has 1 saturated carbocycles. The number of aliphatic imine (C=N–C) groups is 1. The normalized spacial score (nSPS) is 16.0. The van der Waals surface area contributed by atoms with Gasteiger partial charge in [0.2, 0.25) is 0 Å². The summed E-state index contributed by atoms with van der Waals surface area (Å²) in [6.07, 6.45) is 5.22. The number of nitrogens with one attached hydrogen (secondary N) is 2. The topological polar surface area (TPSA) is 36.4 Å². The lowest BCUT2D eigenvalue weighted by Crippen LogP contribution is -2.42. The van der Waals surface area contributed by atoms with Crippen LogP contribution in [0.3, 0.4) is 0 Å². The predicted molar refractivity (Wildman–Crippen MR) is 92.2 cm³/mol. The smallest absolute Gasteiger partial charge is 0.191 e. The van der Waals surface area contributed by atoms with Crippen molar-refractivity contribution in [1.82, 2.24) is 10.6 Å². The lowest BCUT2D eigenvalue weighted by atomic mass is 10.1. The van der Waals surface area contributed by atoms with Crippen LogP contribution in [-0.2, 0) is 6.54 Å². The second kappa shape index (κ2) is 8.40. The van der Waals surface area contributed by atoms with E-state index in [0.29, 0.717) is 6.04 Å². The van der Waals surface area contributed by atoms with Crippen LogP contribution in [0.2, 0.25) is 0 Å². The molecule has 4 heteroatoms. The maximum absolute atomic E-state index is 4.29. The van der Waals surface area contributed by atoms with Crippen LogP contribution in [-0.4, -0.2) is 19.0 Å². The summed E-state index contributed by atoms with van der Waals surface area (Å²) in [5, 5.41) is 6.89. The minimum atomic E-state index is 0. The molecular weight excluding hydrogens is 349 g/mol. The van der Waals surface area contributed by atoms with E-state index in [1.54, 1.807) is 0 Å². The van der Waals surface area contributed by atoms with Crippen molar-refractivity contribution in [3.8, 4) is 0 Å². The van der Waals surface area contributed by atoms with Crippen LogP contribution in [0.5, 0.6) is 0 Å². The number of halogens is 1. The van der Waals surface area contributed by atoms with Gasteiger partial charge in [0, 0.05) is 19.6 Å². The number of hydrogen-bond acceptors (Lipinski definition) is 1. The number of rotatable bonds is 3. The summed E-state index contributed by atoms with van der Waals surface area (Å²) in [5.41, 5.74) is 2.65. The third-order valence-electron chi connectivity index (χ3n) is 3.63. The lowest BCUT2D eigenvalue weighted by molar-refractivity contribution is 0.613. The van der Waals surface area contributed by atoms with Gasteiger partial charge in [-0.1, -0.05) is 37.1 Å². The Hall–Kier alpha value is -0.780. The SMILES string of the molecule is CN=C(NCc1ccccc1C)NC1CCCC1.I. The van der Waals surface area contributed by atoms with E-state index in [9.17, 15) is 0 Å². The van der Waals surface area contributed by atoms with E-state index in [0.717, 1.165) is 12.5 Å². The minimum absolute atomic E-state index is 0. The van der Waals surface area contributed by atoms with Crippen molar-refractivity contribution in [2.75, 3.05) is 7.05 Å². The lowest BCUT2D eigenvalue weighted by Gasteiger charge is -2.17. The van der Waals surface area contributed by atoms with E-state index >= 15 is 0 Å². The molecular formula is C15H24IN3. The highest BCUT2D eigenvalue weighted by atomic mass is 127. The maximum Gasteiger partial charge on any atom is 0.191 e. The molecule has 0 unspecified atom stereocenters. The molecule has 1 aliphatic carbocycles. The summed E-state index contributed by atoms with van der Waals surface area (Å²) in [6.45, 7) is 2.98. The Labute approximate surface area is 133 Å². The van der Waals surface area contributed by atoms with Crippen molar-refractivity contribution in [3.05, 3.63) is 35.4 Å². The molecule has 0 spiro atoms. The van der Waals surface area contributed by atoms with Gasteiger partial charge in [-0.15, -0.1) is 24.0 Å². The Morgan fingerprint density at radius 3 is 2.58 bits per heavy atom. The van der Waals surface area contributed by atoms with Crippen LogP contribution in [0.15, 0.2) is 29.3 Å². The van der Waals surface area contributed by atoms with Gasteiger partial charge in [-0.2, -0.15) is 0 Å². The second-order valence-electron chi connectivity index (χ2n) is 4.98. The average Bonchev–Trinajstić information content (AvgIpc) is 2.89. The highest BCUT2D eigenvalue weighted by Crippen LogP contribution is 2.17. The molecule has 0 aliphatic heterocycles. The first-order valence-electron chi connectivity index (χ1n) is 6.81. The van der Waals surface area contributed by atoms with Crippen LogP contribution in [0.4, 0.5) is 0 Å². The molecule has 1 aromatic carbocycles. The van der Waals surface area contributed by atoms with Crippen molar-refractivity contribution < 1.29 is 0 Å². The van der Waals surface area contributed by atoms with Crippen molar-refractivity contribution in [3.63, 3.8) is 0 Å². The molecule has 1 fully saturated rings. The quantitative estimate of drug-likeness (QED) is 0.485. The van der Waals surface area contributed by atoms with Gasteiger partial charge in [0.15, 0.2) is 5.96 Å². The predicted octanol–water partition coefficient (Wildman–Crippen LogP) is 3.22. The summed E-state index contributed by atoms with van der Waals surface area (Å²) in [4.78, 5) is 4.29. The zero-order valence-electron chi connectivity index (χ0n) is 11.8. The molecule has 1 aliphatic rings. The summed E-state index contributed by atoms with van der Waals surface area (Å²) >= 11 is 0. The molecule has 0 heterocycles. The minimum Gasteiger partial charge on any atom is -0.354 e. The van der Waals surface area contributed by atoms with Crippen LogP contribution < -0.4 is 10.6 Å². The van der Waals surface area contributed by atoms with Gasteiger partial charge < -0.3 is 10.6 Å². The molecule has 0 atom stereocenters. The van der Waals surface area contributed by atoms with E-state index in [1.165, 1.54) is 36.8 Å². The van der Waals surface area contributed by atoms with Crippen molar-refractivity contribution >= 4 is 29.9 Å². The van der Waals surface area contributed by atoms with Crippen LogP contribution in [0, 0.1) is 6.92 Å². The van der Waals surface area contributed by atoms with Gasteiger partial charge in [-0.25, -0.2) is 0 Å². The van der Waals surface area contributed by atoms with Gasteiger partial charge in [0.05, 0.1) is 0 Å². The fourth-order valence-corrected chi connectivity index (χ4v) is 2.45. The summed E-state index contributed by atoms with van der Waals surface area (Å²) in [7, 11) is 1.84. The fourth-order valence-electron chi connectivity index (χ4n) is 2.45. The number of guanidine groups is 1. The van der Waals surface area contributed by atoms with Gasteiger partial charge in [-0.05, 0) is 30.9 Å². The third kappa shape index (κ3) is 5.01. The largest absolute Gasteiger partial charge is 0.354 e. The molecule has 19 heavy (non-hydrogen) atoms. The molecule has 0 aromatic heterocycles. The van der Waals surface area contributed by atoms with Gasteiger partial charge in [0.1, 0.15) is 0 Å². The fraction of sp³-hybridized carbons (Fsp3) is 0.533. The Balaban J connectivity index is 0.00000180. The molecule has 0 saturated heterocycles. The number of nitrogens with zero attached hydrogens (tertiary/aromatic N) is 1. The van der Waals surface area contributed by atoms with E-state index in [-0.39, 0.29) is 24.0 Å². The highest BCUT2D eigenvalue weighted by molar-refractivity contribution is 14.0. The molecule has 106 valence electrons. The monoisotopic (exact) mass is 373 g/mol. The Kier molecular flexibility index (Phi) is 7.20. The molecule has 0 radical (unpaired) electrons. The Bertz CT molecular complexity index is 412. The Morgan fingerprint density at radius 2 is 1.95 bits per heavy atom. The zero-order valence-corrected chi connectivity index (χ0v) is 14.1.